The lowest BCUT2D eigenvalue weighted by molar-refractivity contribution is -0.0498. The molecule has 0 spiro atoms. The van der Waals surface area contributed by atoms with E-state index in [1.54, 1.807) is 24.3 Å². The number of hydrogen-bond acceptors (Lipinski definition) is 3. The summed E-state index contributed by atoms with van der Waals surface area (Å²) >= 11 is 0. The largest absolute Gasteiger partial charge is 0.435 e. The van der Waals surface area contributed by atoms with Gasteiger partial charge in [-0.05, 0) is 30.7 Å². The van der Waals surface area contributed by atoms with Crippen LogP contribution in [0.5, 0.6) is 5.75 Å². The molecule has 1 aliphatic heterocycles. The van der Waals surface area contributed by atoms with Crippen LogP contribution in [0.25, 0.3) is 0 Å². The summed E-state index contributed by atoms with van der Waals surface area (Å²) in [6, 6.07) is 7.23. The molecule has 0 bridgehead atoms. The predicted octanol–water partition coefficient (Wildman–Crippen LogP) is 1.74. The summed E-state index contributed by atoms with van der Waals surface area (Å²) in [4.78, 5) is 0. The van der Waals surface area contributed by atoms with Gasteiger partial charge in [-0.2, -0.15) is 8.78 Å². The lowest BCUT2D eigenvalue weighted by Crippen LogP contribution is -2.30. The number of benzene rings is 1. The first-order chi connectivity index (χ1) is 8.24. The van der Waals surface area contributed by atoms with E-state index in [2.05, 4.69) is 15.4 Å². The van der Waals surface area contributed by atoms with Crippen molar-refractivity contribution < 1.29 is 13.5 Å². The Morgan fingerprint density at radius 2 is 2.12 bits per heavy atom. The van der Waals surface area contributed by atoms with Gasteiger partial charge in [0, 0.05) is 19.1 Å². The molecule has 3 nitrogen and oxygen atoms in total. The second-order valence-corrected chi connectivity index (χ2v) is 4.09. The molecule has 0 aromatic heterocycles. The number of halogens is 2. The fraction of sp³-hybridized carbons (Fsp3) is 0.500. The Balaban J connectivity index is 1.80. The molecule has 0 aliphatic carbocycles. The minimum atomic E-state index is -2.76. The molecule has 0 saturated carbocycles. The lowest BCUT2D eigenvalue weighted by Gasteiger charge is -2.11. The van der Waals surface area contributed by atoms with Crippen LogP contribution < -0.4 is 15.4 Å². The van der Waals surface area contributed by atoms with Crippen LogP contribution in [0.2, 0.25) is 0 Å². The average Bonchev–Trinajstić information content (AvgIpc) is 2.80. The first-order valence-electron chi connectivity index (χ1n) is 5.72. The molecule has 1 unspecified atom stereocenters. The van der Waals surface area contributed by atoms with Crippen molar-refractivity contribution in [1.29, 1.82) is 0 Å². The standard InChI is InChI=1S/C12H16F2N2O/c13-12(14)17-11-3-1-9(2-4-11)7-16-10-5-6-15-8-10/h1-4,10,12,15-16H,5-8H2. The fourth-order valence-corrected chi connectivity index (χ4v) is 1.88. The quantitative estimate of drug-likeness (QED) is 0.825. The molecule has 1 heterocycles. The molecular weight excluding hydrogens is 226 g/mol. The highest BCUT2D eigenvalue weighted by Crippen LogP contribution is 2.15. The summed E-state index contributed by atoms with van der Waals surface area (Å²) in [6.45, 7) is 0.0377. The summed E-state index contributed by atoms with van der Waals surface area (Å²) in [6.07, 6.45) is 1.13. The molecule has 0 radical (unpaired) electrons. The Bertz CT molecular complexity index is 337. The molecule has 17 heavy (non-hydrogen) atoms. The Labute approximate surface area is 99.2 Å². The van der Waals surface area contributed by atoms with Gasteiger partial charge in [0.1, 0.15) is 5.75 Å². The van der Waals surface area contributed by atoms with Gasteiger partial charge < -0.3 is 15.4 Å². The van der Waals surface area contributed by atoms with Crippen LogP contribution in [0.15, 0.2) is 24.3 Å². The molecule has 2 N–H and O–H groups in total. The molecule has 1 saturated heterocycles. The van der Waals surface area contributed by atoms with Crippen molar-refractivity contribution in [2.24, 2.45) is 0 Å². The van der Waals surface area contributed by atoms with Crippen molar-refractivity contribution in [2.45, 2.75) is 25.6 Å². The van der Waals surface area contributed by atoms with E-state index in [0.29, 0.717) is 6.04 Å². The third-order valence-electron chi connectivity index (χ3n) is 2.80. The highest BCUT2D eigenvalue weighted by atomic mass is 19.3. The smallest absolute Gasteiger partial charge is 0.387 e. The summed E-state index contributed by atoms with van der Waals surface area (Å²) in [5, 5.41) is 6.68. The molecule has 2 rings (SSSR count). The molecule has 0 amide bonds. The maximum Gasteiger partial charge on any atom is 0.387 e. The first kappa shape index (κ1) is 12.3. The van der Waals surface area contributed by atoms with Crippen molar-refractivity contribution in [3.05, 3.63) is 29.8 Å². The van der Waals surface area contributed by atoms with Crippen molar-refractivity contribution in [3.63, 3.8) is 0 Å². The van der Waals surface area contributed by atoms with Gasteiger partial charge in [-0.25, -0.2) is 0 Å². The number of hydrogen-bond donors (Lipinski definition) is 2. The monoisotopic (exact) mass is 242 g/mol. The summed E-state index contributed by atoms with van der Waals surface area (Å²) in [5.74, 6) is 0.200. The van der Waals surface area contributed by atoms with Gasteiger partial charge in [0.2, 0.25) is 0 Å². The lowest BCUT2D eigenvalue weighted by atomic mass is 10.2. The second-order valence-electron chi connectivity index (χ2n) is 4.09. The van der Waals surface area contributed by atoms with Crippen LogP contribution in [0, 0.1) is 0 Å². The van der Waals surface area contributed by atoms with E-state index in [-0.39, 0.29) is 5.75 Å². The number of rotatable bonds is 5. The topological polar surface area (TPSA) is 33.3 Å². The zero-order chi connectivity index (χ0) is 12.1. The Morgan fingerprint density at radius 3 is 2.71 bits per heavy atom. The second kappa shape index (κ2) is 5.93. The summed E-state index contributed by atoms with van der Waals surface area (Å²) < 4.78 is 28.1. The van der Waals surface area contributed by atoms with Gasteiger partial charge in [-0.15, -0.1) is 0 Å². The Hall–Kier alpha value is -1.20. The Morgan fingerprint density at radius 1 is 1.35 bits per heavy atom. The third-order valence-corrected chi connectivity index (χ3v) is 2.80. The van der Waals surface area contributed by atoms with Crippen LogP contribution in [0.3, 0.4) is 0 Å². The molecule has 94 valence electrons. The predicted molar refractivity (Wildman–Crippen MR) is 61.2 cm³/mol. The summed E-state index contributed by atoms with van der Waals surface area (Å²) in [7, 11) is 0. The number of nitrogens with one attached hydrogen (secondary N) is 2. The van der Waals surface area contributed by atoms with Gasteiger partial charge in [0.15, 0.2) is 0 Å². The van der Waals surface area contributed by atoms with Crippen LogP contribution >= 0.6 is 0 Å². The van der Waals surface area contributed by atoms with E-state index in [1.807, 2.05) is 0 Å². The Kier molecular flexibility index (Phi) is 4.28. The molecule has 1 fully saturated rings. The average molecular weight is 242 g/mol. The van der Waals surface area contributed by atoms with Crippen molar-refractivity contribution in [2.75, 3.05) is 13.1 Å². The SMILES string of the molecule is FC(F)Oc1ccc(CNC2CCNC2)cc1. The number of ether oxygens (including phenoxy) is 1. The third kappa shape index (κ3) is 3.94. The fourth-order valence-electron chi connectivity index (χ4n) is 1.88. The highest BCUT2D eigenvalue weighted by Gasteiger charge is 2.13. The zero-order valence-electron chi connectivity index (χ0n) is 9.46. The molecule has 1 aromatic rings. The van der Waals surface area contributed by atoms with Crippen LogP contribution in [-0.4, -0.2) is 25.7 Å². The highest BCUT2D eigenvalue weighted by molar-refractivity contribution is 5.27. The van der Waals surface area contributed by atoms with E-state index >= 15 is 0 Å². The van der Waals surface area contributed by atoms with E-state index in [0.717, 1.165) is 31.6 Å². The van der Waals surface area contributed by atoms with Crippen molar-refractivity contribution in [3.8, 4) is 5.75 Å². The van der Waals surface area contributed by atoms with Gasteiger partial charge in [0.25, 0.3) is 0 Å². The molecule has 1 aliphatic rings. The van der Waals surface area contributed by atoms with E-state index in [1.165, 1.54) is 0 Å². The molecule has 1 aromatic carbocycles. The van der Waals surface area contributed by atoms with Gasteiger partial charge in [0.05, 0.1) is 0 Å². The molecular formula is C12H16F2N2O. The van der Waals surface area contributed by atoms with E-state index < -0.39 is 6.61 Å². The minimum absolute atomic E-state index is 0.200. The number of alkyl halides is 2. The maximum absolute atomic E-state index is 11.9. The van der Waals surface area contributed by atoms with E-state index in [4.69, 9.17) is 0 Å². The van der Waals surface area contributed by atoms with Gasteiger partial charge >= 0.3 is 6.61 Å². The zero-order valence-corrected chi connectivity index (χ0v) is 9.46. The van der Waals surface area contributed by atoms with Crippen molar-refractivity contribution in [1.82, 2.24) is 10.6 Å². The first-order valence-corrected chi connectivity index (χ1v) is 5.72. The molecule has 5 heteroatoms. The maximum atomic E-state index is 11.9. The van der Waals surface area contributed by atoms with Crippen LogP contribution in [-0.2, 0) is 6.54 Å². The minimum Gasteiger partial charge on any atom is -0.435 e. The molecule has 1 atom stereocenters. The van der Waals surface area contributed by atoms with Crippen molar-refractivity contribution >= 4 is 0 Å². The van der Waals surface area contributed by atoms with Gasteiger partial charge in [-0.1, -0.05) is 12.1 Å². The van der Waals surface area contributed by atoms with E-state index in [9.17, 15) is 8.78 Å². The van der Waals surface area contributed by atoms with Gasteiger partial charge in [-0.3, -0.25) is 0 Å². The van der Waals surface area contributed by atoms with Crippen LogP contribution in [0.1, 0.15) is 12.0 Å². The summed E-state index contributed by atoms with van der Waals surface area (Å²) in [5.41, 5.74) is 1.07. The normalized spacial score (nSPS) is 19.8. The van der Waals surface area contributed by atoms with Crippen LogP contribution in [0.4, 0.5) is 8.78 Å².